The normalized spacial score (nSPS) is 18.2. The second-order valence-electron chi connectivity index (χ2n) is 7.34. The highest BCUT2D eigenvalue weighted by Crippen LogP contribution is 2.27. The van der Waals surface area contributed by atoms with Crippen molar-refractivity contribution in [2.45, 2.75) is 17.7 Å². The van der Waals surface area contributed by atoms with Crippen molar-refractivity contribution in [2.24, 2.45) is 11.8 Å². The third-order valence-electron chi connectivity index (χ3n) is 5.19. The molecule has 0 spiro atoms. The number of aliphatic carboxylic acids is 1. The van der Waals surface area contributed by atoms with Gasteiger partial charge in [-0.3, -0.25) is 14.5 Å². The number of hydrogen-bond acceptors (Lipinski definition) is 7. The highest BCUT2D eigenvalue weighted by atomic mass is 32.2. The zero-order chi connectivity index (χ0) is 22.7. The van der Waals surface area contributed by atoms with Crippen molar-refractivity contribution >= 4 is 44.4 Å². The molecule has 0 saturated heterocycles. The van der Waals surface area contributed by atoms with Gasteiger partial charge in [0, 0.05) is 17.6 Å². The minimum absolute atomic E-state index is 0.0290. The van der Waals surface area contributed by atoms with Crippen LogP contribution in [0.1, 0.15) is 12.8 Å². The molecule has 2 atom stereocenters. The summed E-state index contributed by atoms with van der Waals surface area (Å²) in [5.41, 5.74) is 1.55. The Hall–Kier alpha value is -3.79. The molecule has 3 aromatic rings. The number of anilines is 2. The van der Waals surface area contributed by atoms with Crippen LogP contribution in [0.5, 0.6) is 0 Å². The summed E-state index contributed by atoms with van der Waals surface area (Å²) < 4.78 is 27.8. The van der Waals surface area contributed by atoms with E-state index in [1.54, 1.807) is 30.4 Å². The minimum Gasteiger partial charge on any atom is -0.550 e. The van der Waals surface area contributed by atoms with Crippen LogP contribution in [0.4, 0.5) is 11.5 Å². The van der Waals surface area contributed by atoms with Crippen LogP contribution < -0.4 is 15.1 Å². The van der Waals surface area contributed by atoms with E-state index in [0.29, 0.717) is 23.1 Å². The lowest BCUT2D eigenvalue weighted by Gasteiger charge is -2.28. The first-order valence-corrected chi connectivity index (χ1v) is 11.3. The summed E-state index contributed by atoms with van der Waals surface area (Å²) in [7, 11) is -3.93. The lowest BCUT2D eigenvalue weighted by molar-refractivity contribution is -0.313. The number of fused-ring (bicyclic) bond motifs is 1. The summed E-state index contributed by atoms with van der Waals surface area (Å²) in [6.45, 7) is 0. The average molecular weight is 451 g/mol. The van der Waals surface area contributed by atoms with E-state index in [2.05, 4.69) is 20.0 Å². The lowest BCUT2D eigenvalue weighted by Crippen LogP contribution is -2.41. The lowest BCUT2D eigenvalue weighted by atomic mass is 9.82. The number of para-hydroxylation sites is 2. The molecule has 10 heteroatoms. The number of allylic oxidation sites excluding steroid dienone is 2. The molecule has 0 aliphatic heterocycles. The van der Waals surface area contributed by atoms with Gasteiger partial charge in [-0.25, -0.2) is 13.4 Å². The molecular weight excluding hydrogens is 432 g/mol. The Bertz CT molecular complexity index is 1310. The van der Waals surface area contributed by atoms with Crippen molar-refractivity contribution in [2.75, 3.05) is 10.0 Å². The van der Waals surface area contributed by atoms with Crippen LogP contribution in [0.2, 0.25) is 0 Å². The van der Waals surface area contributed by atoms with Crippen LogP contribution in [-0.2, 0) is 19.6 Å². The van der Waals surface area contributed by atoms with Crippen molar-refractivity contribution in [1.82, 2.24) is 9.97 Å². The number of hydrogen-bond donors (Lipinski definition) is 2. The van der Waals surface area contributed by atoms with Crippen LogP contribution in [0.15, 0.2) is 71.8 Å². The van der Waals surface area contributed by atoms with Gasteiger partial charge in [0.1, 0.15) is 0 Å². The molecule has 32 heavy (non-hydrogen) atoms. The molecular formula is C22H19N4O5S-. The monoisotopic (exact) mass is 451 g/mol. The quantitative estimate of drug-likeness (QED) is 0.543. The number of aromatic nitrogens is 2. The molecule has 0 saturated carbocycles. The highest BCUT2D eigenvalue weighted by Gasteiger charge is 2.29. The molecule has 1 aromatic heterocycles. The molecule has 9 nitrogen and oxygen atoms in total. The van der Waals surface area contributed by atoms with Crippen molar-refractivity contribution in [3.8, 4) is 0 Å². The van der Waals surface area contributed by atoms with Crippen LogP contribution in [-0.4, -0.2) is 30.3 Å². The van der Waals surface area contributed by atoms with Crippen LogP contribution in [0, 0.1) is 11.8 Å². The fourth-order valence-electron chi connectivity index (χ4n) is 3.52. The van der Waals surface area contributed by atoms with Gasteiger partial charge in [-0.15, -0.1) is 0 Å². The summed E-state index contributed by atoms with van der Waals surface area (Å²) in [5.74, 6) is -3.28. The molecule has 1 aliphatic carbocycles. The number of carboxylic acids is 1. The standard InChI is InChI=1S/C22H20N4O5S/c27-21(16-5-1-2-6-17(16)22(28)29)24-14-9-11-15(12-10-14)32(30,31)26-20-13-23-18-7-3-4-8-19(18)25-20/h1-4,7-13,16-17H,5-6H2,(H,24,27)(H,25,26)(H,28,29)/p-1/t16-,17+/m1/s1. The van der Waals surface area contributed by atoms with Crippen LogP contribution >= 0.6 is 0 Å². The second-order valence-corrected chi connectivity index (χ2v) is 9.02. The van der Waals surface area contributed by atoms with Gasteiger partial charge in [-0.05, 0) is 49.2 Å². The summed E-state index contributed by atoms with van der Waals surface area (Å²) in [5, 5.41) is 13.9. The van der Waals surface area contributed by atoms with Gasteiger partial charge in [-0.1, -0.05) is 24.3 Å². The maximum Gasteiger partial charge on any atom is 0.263 e. The molecule has 2 aromatic carbocycles. The Kier molecular flexibility index (Phi) is 5.87. The number of carbonyl (C=O) groups excluding carboxylic acids is 2. The van der Waals surface area contributed by atoms with E-state index in [9.17, 15) is 23.1 Å². The molecule has 164 valence electrons. The largest absolute Gasteiger partial charge is 0.550 e. The Morgan fingerprint density at radius 1 is 0.938 bits per heavy atom. The van der Waals surface area contributed by atoms with E-state index in [1.165, 1.54) is 30.5 Å². The van der Waals surface area contributed by atoms with Crippen LogP contribution in [0.3, 0.4) is 0 Å². The first-order valence-electron chi connectivity index (χ1n) is 9.85. The topological polar surface area (TPSA) is 141 Å². The number of nitrogens with zero attached hydrogens (tertiary/aromatic N) is 2. The Morgan fingerprint density at radius 2 is 1.59 bits per heavy atom. The first-order chi connectivity index (χ1) is 15.3. The fourth-order valence-corrected chi connectivity index (χ4v) is 4.51. The van der Waals surface area contributed by atoms with E-state index >= 15 is 0 Å². The maximum atomic E-state index is 12.7. The Morgan fingerprint density at radius 3 is 2.28 bits per heavy atom. The van der Waals surface area contributed by atoms with E-state index in [-0.39, 0.29) is 17.1 Å². The molecule has 0 fully saturated rings. The van der Waals surface area contributed by atoms with Crippen molar-refractivity contribution in [3.63, 3.8) is 0 Å². The number of carboxylic acid groups (broad SMARTS) is 1. The molecule has 0 bridgehead atoms. The molecule has 1 aliphatic rings. The average Bonchev–Trinajstić information content (AvgIpc) is 2.79. The zero-order valence-electron chi connectivity index (χ0n) is 16.8. The van der Waals surface area contributed by atoms with Crippen molar-refractivity contribution in [1.29, 1.82) is 0 Å². The zero-order valence-corrected chi connectivity index (χ0v) is 17.6. The smallest absolute Gasteiger partial charge is 0.263 e. The van der Waals surface area contributed by atoms with Gasteiger partial charge in [0.25, 0.3) is 10.0 Å². The minimum atomic E-state index is -3.93. The predicted molar refractivity (Wildman–Crippen MR) is 116 cm³/mol. The van der Waals surface area contributed by atoms with E-state index in [1.807, 2.05) is 6.07 Å². The van der Waals surface area contributed by atoms with Crippen LogP contribution in [0.25, 0.3) is 11.0 Å². The summed E-state index contributed by atoms with van der Waals surface area (Å²) in [6.07, 6.45) is 5.35. The summed E-state index contributed by atoms with van der Waals surface area (Å²) in [6, 6.07) is 12.6. The van der Waals surface area contributed by atoms with Gasteiger partial charge in [0.2, 0.25) is 5.91 Å². The summed E-state index contributed by atoms with van der Waals surface area (Å²) >= 11 is 0. The van der Waals surface area contributed by atoms with E-state index in [4.69, 9.17) is 0 Å². The van der Waals surface area contributed by atoms with Gasteiger partial charge in [-0.2, -0.15) is 0 Å². The third kappa shape index (κ3) is 4.59. The van der Waals surface area contributed by atoms with Gasteiger partial charge in [0.05, 0.1) is 28.0 Å². The molecule has 0 unspecified atom stereocenters. The SMILES string of the molecule is O=C([O-])[C@H]1CC=CC[C@H]1C(=O)Nc1ccc(S(=O)(=O)Nc2cnc3ccccc3n2)cc1. The molecule has 2 N–H and O–H groups in total. The number of benzene rings is 2. The van der Waals surface area contributed by atoms with E-state index in [0.717, 1.165) is 0 Å². The number of carbonyl (C=O) groups is 2. The number of sulfonamides is 1. The Balaban J connectivity index is 1.46. The maximum absolute atomic E-state index is 12.7. The third-order valence-corrected chi connectivity index (χ3v) is 6.56. The predicted octanol–water partition coefficient (Wildman–Crippen LogP) is 1.70. The highest BCUT2D eigenvalue weighted by molar-refractivity contribution is 7.92. The number of rotatable bonds is 6. The van der Waals surface area contributed by atoms with Gasteiger partial charge < -0.3 is 15.2 Å². The number of amides is 1. The molecule has 4 rings (SSSR count). The first kappa shape index (κ1) is 21.4. The molecule has 1 amide bonds. The van der Waals surface area contributed by atoms with Crippen molar-refractivity contribution < 1.29 is 23.1 Å². The van der Waals surface area contributed by atoms with Gasteiger partial charge in [0.15, 0.2) is 5.82 Å². The molecule has 1 heterocycles. The van der Waals surface area contributed by atoms with E-state index < -0.39 is 33.7 Å². The molecule has 0 radical (unpaired) electrons. The Labute approximate surface area is 184 Å². The fraction of sp³-hybridized carbons (Fsp3) is 0.182. The summed E-state index contributed by atoms with van der Waals surface area (Å²) in [4.78, 5) is 32.2. The number of nitrogens with one attached hydrogen (secondary N) is 2. The second kappa shape index (κ2) is 8.75. The van der Waals surface area contributed by atoms with Crippen molar-refractivity contribution in [3.05, 3.63) is 66.9 Å². The van der Waals surface area contributed by atoms with Gasteiger partial charge >= 0.3 is 0 Å².